The number of hydrogen-bond donors (Lipinski definition) is 1. The van der Waals surface area contributed by atoms with Crippen LogP contribution >= 0.6 is 0 Å². The van der Waals surface area contributed by atoms with Gasteiger partial charge in [0.05, 0.1) is 13.2 Å². The molecule has 0 bridgehead atoms. The molecule has 2 N–H and O–H groups in total. The third-order valence-electron chi connectivity index (χ3n) is 3.30. The fourth-order valence-electron chi connectivity index (χ4n) is 2.19. The number of nitrogens with two attached hydrogens (primary N) is 1. The van der Waals surface area contributed by atoms with Crippen molar-refractivity contribution in [3.05, 3.63) is 64.5 Å². The summed E-state index contributed by atoms with van der Waals surface area (Å²) in [6.45, 7) is 3.88. The summed E-state index contributed by atoms with van der Waals surface area (Å²) in [5.41, 5.74) is 9.62. The molecule has 0 radical (unpaired) electrons. The Hall–Kier alpha value is -1.87. The first-order chi connectivity index (χ1) is 9.02. The van der Waals surface area contributed by atoms with Crippen LogP contribution in [0.5, 0.6) is 5.75 Å². The zero-order chi connectivity index (χ0) is 14.0. The first-order valence-corrected chi connectivity index (χ1v) is 6.19. The molecule has 2 aromatic rings. The number of hydrogen-bond acceptors (Lipinski definition) is 2. The van der Waals surface area contributed by atoms with E-state index in [2.05, 4.69) is 0 Å². The van der Waals surface area contributed by atoms with E-state index in [4.69, 9.17) is 10.5 Å². The zero-order valence-corrected chi connectivity index (χ0v) is 11.4. The van der Waals surface area contributed by atoms with Gasteiger partial charge >= 0.3 is 0 Å². The Morgan fingerprint density at radius 3 is 2.42 bits per heavy atom. The Morgan fingerprint density at radius 1 is 1.05 bits per heavy atom. The molecule has 0 spiro atoms. The second kappa shape index (κ2) is 5.41. The maximum absolute atomic E-state index is 13.9. The van der Waals surface area contributed by atoms with Crippen molar-refractivity contribution in [2.24, 2.45) is 5.73 Å². The van der Waals surface area contributed by atoms with E-state index in [-0.39, 0.29) is 5.82 Å². The lowest BCUT2D eigenvalue weighted by molar-refractivity contribution is 0.414. The Morgan fingerprint density at radius 2 is 1.79 bits per heavy atom. The van der Waals surface area contributed by atoms with Gasteiger partial charge in [-0.1, -0.05) is 23.8 Å². The molecule has 0 saturated carbocycles. The van der Waals surface area contributed by atoms with Gasteiger partial charge in [-0.15, -0.1) is 0 Å². The Balaban J connectivity index is 2.43. The standard InChI is InChI=1S/C16H18FNO/c1-10-4-7-15(17)14(8-10)16(18)13-6-5-12(19-3)9-11(13)2/h4-9,16H,18H2,1-3H3. The molecule has 100 valence electrons. The first kappa shape index (κ1) is 13.6. The van der Waals surface area contributed by atoms with Crippen molar-refractivity contribution in [1.29, 1.82) is 0 Å². The smallest absolute Gasteiger partial charge is 0.128 e. The molecule has 0 aliphatic rings. The summed E-state index contributed by atoms with van der Waals surface area (Å²) >= 11 is 0. The SMILES string of the molecule is COc1ccc(C(N)c2cc(C)ccc2F)c(C)c1. The maximum Gasteiger partial charge on any atom is 0.128 e. The molecule has 0 saturated heterocycles. The van der Waals surface area contributed by atoms with Gasteiger partial charge in [0.25, 0.3) is 0 Å². The number of aryl methyl sites for hydroxylation is 2. The fourth-order valence-corrected chi connectivity index (χ4v) is 2.19. The van der Waals surface area contributed by atoms with Gasteiger partial charge in [-0.2, -0.15) is 0 Å². The normalized spacial score (nSPS) is 12.3. The molecular formula is C16H18FNO. The summed E-state index contributed by atoms with van der Waals surface area (Å²) in [6, 6.07) is 10.2. The summed E-state index contributed by atoms with van der Waals surface area (Å²) in [6.07, 6.45) is 0. The van der Waals surface area contributed by atoms with Crippen LogP contribution in [0.25, 0.3) is 0 Å². The van der Waals surface area contributed by atoms with Gasteiger partial charge in [0.15, 0.2) is 0 Å². The summed E-state index contributed by atoms with van der Waals surface area (Å²) in [4.78, 5) is 0. The van der Waals surface area contributed by atoms with E-state index in [0.29, 0.717) is 5.56 Å². The average molecular weight is 259 g/mol. The van der Waals surface area contributed by atoms with Crippen LogP contribution in [0.1, 0.15) is 28.3 Å². The van der Waals surface area contributed by atoms with E-state index in [1.807, 2.05) is 32.0 Å². The summed E-state index contributed by atoms with van der Waals surface area (Å²) in [5.74, 6) is 0.506. The fraction of sp³-hybridized carbons (Fsp3) is 0.250. The molecule has 1 unspecified atom stereocenters. The molecule has 0 aliphatic heterocycles. The minimum Gasteiger partial charge on any atom is -0.497 e. The number of ether oxygens (including phenoxy) is 1. The lowest BCUT2D eigenvalue weighted by Crippen LogP contribution is -2.15. The molecule has 0 aliphatic carbocycles. The van der Waals surface area contributed by atoms with E-state index >= 15 is 0 Å². The molecule has 0 amide bonds. The van der Waals surface area contributed by atoms with Gasteiger partial charge in [0, 0.05) is 5.56 Å². The molecule has 2 nitrogen and oxygen atoms in total. The van der Waals surface area contributed by atoms with Crippen molar-refractivity contribution >= 4 is 0 Å². The molecule has 0 aromatic heterocycles. The lowest BCUT2D eigenvalue weighted by atomic mass is 9.94. The van der Waals surface area contributed by atoms with Crippen molar-refractivity contribution < 1.29 is 9.13 Å². The summed E-state index contributed by atoms with van der Waals surface area (Å²) < 4.78 is 19.0. The first-order valence-electron chi connectivity index (χ1n) is 6.19. The van der Waals surface area contributed by atoms with Crippen molar-refractivity contribution in [3.8, 4) is 5.75 Å². The minimum atomic E-state index is -0.467. The van der Waals surface area contributed by atoms with Gasteiger partial charge in [-0.25, -0.2) is 4.39 Å². The second-order valence-corrected chi connectivity index (χ2v) is 4.73. The molecular weight excluding hydrogens is 241 g/mol. The minimum absolute atomic E-state index is 0.270. The maximum atomic E-state index is 13.9. The molecule has 1 atom stereocenters. The highest BCUT2D eigenvalue weighted by atomic mass is 19.1. The van der Waals surface area contributed by atoms with Gasteiger partial charge in [-0.05, 0) is 43.2 Å². The predicted octanol–water partition coefficient (Wildman–Crippen LogP) is 3.50. The van der Waals surface area contributed by atoms with Crippen LogP contribution in [-0.2, 0) is 0 Å². The summed E-state index contributed by atoms with van der Waals surface area (Å²) in [7, 11) is 1.62. The van der Waals surface area contributed by atoms with Crippen LogP contribution in [0.2, 0.25) is 0 Å². The monoisotopic (exact) mass is 259 g/mol. The number of halogens is 1. The number of methoxy groups -OCH3 is 1. The van der Waals surface area contributed by atoms with Gasteiger partial charge in [0.1, 0.15) is 11.6 Å². The average Bonchev–Trinajstić information content (AvgIpc) is 2.40. The largest absolute Gasteiger partial charge is 0.497 e. The molecule has 2 aromatic carbocycles. The topological polar surface area (TPSA) is 35.2 Å². The van der Waals surface area contributed by atoms with Gasteiger partial charge in [0.2, 0.25) is 0 Å². The quantitative estimate of drug-likeness (QED) is 0.915. The second-order valence-electron chi connectivity index (χ2n) is 4.73. The van der Waals surface area contributed by atoms with Crippen molar-refractivity contribution in [1.82, 2.24) is 0 Å². The van der Waals surface area contributed by atoms with E-state index in [9.17, 15) is 4.39 Å². The third-order valence-corrected chi connectivity index (χ3v) is 3.30. The summed E-state index contributed by atoms with van der Waals surface area (Å²) in [5, 5.41) is 0. The molecule has 0 fully saturated rings. The van der Waals surface area contributed by atoms with Crippen molar-refractivity contribution in [3.63, 3.8) is 0 Å². The van der Waals surface area contributed by atoms with Crippen molar-refractivity contribution in [2.45, 2.75) is 19.9 Å². The van der Waals surface area contributed by atoms with Crippen LogP contribution in [0.15, 0.2) is 36.4 Å². The molecule has 2 rings (SSSR count). The number of rotatable bonds is 3. The molecule has 19 heavy (non-hydrogen) atoms. The van der Waals surface area contributed by atoms with Crippen molar-refractivity contribution in [2.75, 3.05) is 7.11 Å². The Labute approximate surface area is 113 Å². The van der Waals surface area contributed by atoms with Crippen LogP contribution in [-0.4, -0.2) is 7.11 Å². The Kier molecular flexibility index (Phi) is 3.86. The number of benzene rings is 2. The van der Waals surface area contributed by atoms with Crippen LogP contribution in [0.3, 0.4) is 0 Å². The van der Waals surface area contributed by atoms with Gasteiger partial charge in [-0.3, -0.25) is 0 Å². The third kappa shape index (κ3) is 2.76. The van der Waals surface area contributed by atoms with E-state index in [1.165, 1.54) is 6.07 Å². The highest BCUT2D eigenvalue weighted by molar-refractivity contribution is 5.42. The van der Waals surface area contributed by atoms with E-state index in [0.717, 1.165) is 22.4 Å². The van der Waals surface area contributed by atoms with Crippen LogP contribution < -0.4 is 10.5 Å². The highest BCUT2D eigenvalue weighted by Gasteiger charge is 2.16. The lowest BCUT2D eigenvalue weighted by Gasteiger charge is -2.17. The van der Waals surface area contributed by atoms with E-state index < -0.39 is 6.04 Å². The highest BCUT2D eigenvalue weighted by Crippen LogP contribution is 2.27. The molecule has 0 heterocycles. The van der Waals surface area contributed by atoms with Crippen LogP contribution in [0.4, 0.5) is 4.39 Å². The van der Waals surface area contributed by atoms with Gasteiger partial charge < -0.3 is 10.5 Å². The van der Waals surface area contributed by atoms with Crippen LogP contribution in [0, 0.1) is 19.7 Å². The Bertz CT molecular complexity index is 595. The molecule has 3 heteroatoms. The predicted molar refractivity (Wildman–Crippen MR) is 74.9 cm³/mol. The zero-order valence-electron chi connectivity index (χ0n) is 11.4. The van der Waals surface area contributed by atoms with E-state index in [1.54, 1.807) is 19.2 Å².